The largest absolute Gasteiger partial charge is 0.325 e. The molecule has 112 valence electrons. The quantitative estimate of drug-likeness (QED) is 0.589. The fourth-order valence-electron chi connectivity index (χ4n) is 1.80. The van der Waals surface area contributed by atoms with Gasteiger partial charge in [0.05, 0.1) is 17.1 Å². The lowest BCUT2D eigenvalue weighted by atomic mass is 10.2. The predicted octanol–water partition coefficient (Wildman–Crippen LogP) is 0.235. The van der Waals surface area contributed by atoms with Crippen molar-refractivity contribution in [2.24, 2.45) is 5.73 Å². The van der Waals surface area contributed by atoms with Crippen LogP contribution in [0.1, 0.15) is 6.42 Å². The second-order valence-electron chi connectivity index (χ2n) is 4.55. The van der Waals surface area contributed by atoms with Crippen molar-refractivity contribution in [2.75, 3.05) is 17.3 Å². The van der Waals surface area contributed by atoms with Gasteiger partial charge in [0.2, 0.25) is 5.91 Å². The van der Waals surface area contributed by atoms with Gasteiger partial charge in [-0.2, -0.15) is 11.8 Å². The van der Waals surface area contributed by atoms with Crippen molar-refractivity contribution in [3.63, 3.8) is 0 Å². The van der Waals surface area contributed by atoms with Crippen molar-refractivity contribution < 1.29 is 4.79 Å². The van der Waals surface area contributed by atoms with Crippen LogP contribution in [0.2, 0.25) is 0 Å². The van der Waals surface area contributed by atoms with Crippen LogP contribution in [0.5, 0.6) is 0 Å². The summed E-state index contributed by atoms with van der Waals surface area (Å²) in [6, 6.07) is 4.24. The van der Waals surface area contributed by atoms with E-state index < -0.39 is 17.2 Å². The van der Waals surface area contributed by atoms with E-state index in [-0.39, 0.29) is 5.91 Å². The maximum Gasteiger partial charge on any atom is 0.314 e. The number of nitrogens with one attached hydrogen (secondary N) is 3. The van der Waals surface area contributed by atoms with E-state index >= 15 is 0 Å². The average molecular weight is 308 g/mol. The topological polar surface area (TPSA) is 121 Å². The number of hydrogen-bond donors (Lipinski definition) is 4. The molecule has 1 aromatic heterocycles. The molecule has 1 heterocycles. The highest BCUT2D eigenvalue weighted by atomic mass is 32.2. The summed E-state index contributed by atoms with van der Waals surface area (Å²) in [4.78, 5) is 39.3. The fourth-order valence-corrected chi connectivity index (χ4v) is 2.29. The summed E-state index contributed by atoms with van der Waals surface area (Å²) >= 11 is 1.63. The van der Waals surface area contributed by atoms with Crippen LogP contribution in [0.3, 0.4) is 0 Å². The minimum absolute atomic E-state index is 0.282. The number of benzene rings is 1. The van der Waals surface area contributed by atoms with Crippen LogP contribution in [0.4, 0.5) is 5.69 Å². The molecular formula is C13H16N4O3S. The molecule has 0 saturated heterocycles. The summed E-state index contributed by atoms with van der Waals surface area (Å²) < 4.78 is 0. The first-order chi connectivity index (χ1) is 10.0. The first-order valence-corrected chi connectivity index (χ1v) is 7.72. The average Bonchev–Trinajstić information content (AvgIpc) is 2.46. The van der Waals surface area contributed by atoms with Crippen molar-refractivity contribution in [1.29, 1.82) is 0 Å². The molecule has 0 radical (unpaired) electrons. The van der Waals surface area contributed by atoms with E-state index in [9.17, 15) is 14.4 Å². The Bertz CT molecular complexity index is 768. The molecule has 5 N–H and O–H groups in total. The Balaban J connectivity index is 2.19. The van der Waals surface area contributed by atoms with Gasteiger partial charge < -0.3 is 21.0 Å². The van der Waals surface area contributed by atoms with E-state index in [1.54, 1.807) is 30.0 Å². The molecular weight excluding hydrogens is 292 g/mol. The lowest BCUT2D eigenvalue weighted by Crippen LogP contribution is -2.36. The minimum Gasteiger partial charge on any atom is -0.325 e. The number of aromatic amines is 2. The molecule has 1 amide bonds. The summed E-state index contributed by atoms with van der Waals surface area (Å²) in [6.45, 7) is 0. The zero-order valence-electron chi connectivity index (χ0n) is 11.4. The highest BCUT2D eigenvalue weighted by molar-refractivity contribution is 7.98. The summed E-state index contributed by atoms with van der Waals surface area (Å²) in [5.41, 5.74) is 5.77. The standard InChI is InChI=1S/C13H16N4O3S/c1-21-5-4-8(14)11(18)15-7-2-3-9-10(6-7)17-13(20)12(19)16-9/h2-3,6,8H,4-5,14H2,1H3,(H,15,18)(H,16,19)(H,17,20)/t8-/m0/s1. The number of H-pyrrole nitrogens is 2. The van der Waals surface area contributed by atoms with Gasteiger partial charge in [-0.15, -0.1) is 0 Å². The Morgan fingerprint density at radius 1 is 1.29 bits per heavy atom. The van der Waals surface area contributed by atoms with Crippen molar-refractivity contribution in [1.82, 2.24) is 9.97 Å². The van der Waals surface area contributed by atoms with E-state index in [1.807, 2.05) is 6.26 Å². The Morgan fingerprint density at radius 2 is 1.95 bits per heavy atom. The lowest BCUT2D eigenvalue weighted by molar-refractivity contribution is -0.117. The number of carbonyl (C=O) groups is 1. The Kier molecular flexibility index (Phi) is 4.81. The van der Waals surface area contributed by atoms with Crippen LogP contribution < -0.4 is 22.2 Å². The monoisotopic (exact) mass is 308 g/mol. The van der Waals surface area contributed by atoms with Crippen LogP contribution in [0.25, 0.3) is 11.0 Å². The number of fused-ring (bicyclic) bond motifs is 1. The van der Waals surface area contributed by atoms with Crippen LogP contribution in [0, 0.1) is 0 Å². The van der Waals surface area contributed by atoms with E-state index in [2.05, 4.69) is 15.3 Å². The normalized spacial score (nSPS) is 12.3. The molecule has 0 spiro atoms. The van der Waals surface area contributed by atoms with Crippen LogP contribution in [0.15, 0.2) is 27.8 Å². The van der Waals surface area contributed by atoms with Crippen LogP contribution >= 0.6 is 11.8 Å². The Labute approximate surface area is 124 Å². The van der Waals surface area contributed by atoms with Gasteiger partial charge in [0.15, 0.2) is 0 Å². The van der Waals surface area contributed by atoms with Gasteiger partial charge in [-0.1, -0.05) is 0 Å². The fraction of sp³-hybridized carbons (Fsp3) is 0.308. The summed E-state index contributed by atoms with van der Waals surface area (Å²) in [5, 5.41) is 2.69. The van der Waals surface area contributed by atoms with Gasteiger partial charge in [0.25, 0.3) is 0 Å². The lowest BCUT2D eigenvalue weighted by Gasteiger charge is -2.12. The number of rotatable bonds is 5. The SMILES string of the molecule is CSCC[C@H](N)C(=O)Nc1ccc2[nH]c(=O)c(=O)[nH]c2c1. The van der Waals surface area contributed by atoms with Gasteiger partial charge in [-0.05, 0) is 36.6 Å². The molecule has 0 aliphatic heterocycles. The van der Waals surface area contributed by atoms with E-state index in [0.717, 1.165) is 5.75 Å². The molecule has 0 aliphatic rings. The van der Waals surface area contributed by atoms with Gasteiger partial charge in [-0.25, -0.2) is 0 Å². The van der Waals surface area contributed by atoms with Gasteiger partial charge in [0, 0.05) is 5.69 Å². The number of amides is 1. The molecule has 0 bridgehead atoms. The maximum atomic E-state index is 11.9. The zero-order chi connectivity index (χ0) is 15.4. The maximum absolute atomic E-state index is 11.9. The third-order valence-electron chi connectivity index (χ3n) is 2.96. The molecule has 8 heteroatoms. The molecule has 1 atom stereocenters. The molecule has 0 aliphatic carbocycles. The predicted molar refractivity (Wildman–Crippen MR) is 84.8 cm³/mol. The van der Waals surface area contributed by atoms with Crippen molar-refractivity contribution >= 4 is 34.4 Å². The third-order valence-corrected chi connectivity index (χ3v) is 3.60. The highest BCUT2D eigenvalue weighted by Gasteiger charge is 2.13. The second kappa shape index (κ2) is 6.59. The minimum atomic E-state index is -0.734. The van der Waals surface area contributed by atoms with Crippen molar-refractivity contribution in [3.8, 4) is 0 Å². The number of anilines is 1. The number of nitrogens with two attached hydrogens (primary N) is 1. The zero-order valence-corrected chi connectivity index (χ0v) is 12.3. The molecule has 2 aromatic rings. The Morgan fingerprint density at radius 3 is 2.62 bits per heavy atom. The molecule has 2 rings (SSSR count). The van der Waals surface area contributed by atoms with Crippen LogP contribution in [-0.4, -0.2) is 33.9 Å². The third kappa shape index (κ3) is 3.73. The highest BCUT2D eigenvalue weighted by Crippen LogP contribution is 2.14. The summed E-state index contributed by atoms with van der Waals surface area (Å²) in [7, 11) is 0. The molecule has 0 saturated carbocycles. The van der Waals surface area contributed by atoms with E-state index in [1.165, 1.54) is 0 Å². The van der Waals surface area contributed by atoms with Gasteiger partial charge >= 0.3 is 11.1 Å². The number of hydrogen-bond acceptors (Lipinski definition) is 5. The van der Waals surface area contributed by atoms with Crippen molar-refractivity contribution in [2.45, 2.75) is 12.5 Å². The van der Waals surface area contributed by atoms with Gasteiger partial charge in [-0.3, -0.25) is 14.4 Å². The summed E-state index contributed by atoms with van der Waals surface area (Å²) in [6.07, 6.45) is 2.54. The van der Waals surface area contributed by atoms with Gasteiger partial charge in [0.1, 0.15) is 0 Å². The number of thioether (sulfide) groups is 1. The molecule has 0 fully saturated rings. The molecule has 1 aromatic carbocycles. The Hall–Kier alpha value is -2.06. The second-order valence-corrected chi connectivity index (χ2v) is 5.53. The molecule has 7 nitrogen and oxygen atoms in total. The molecule has 21 heavy (non-hydrogen) atoms. The first-order valence-electron chi connectivity index (χ1n) is 6.33. The number of carbonyl (C=O) groups excluding carboxylic acids is 1. The van der Waals surface area contributed by atoms with Crippen LogP contribution in [-0.2, 0) is 4.79 Å². The molecule has 0 unspecified atom stereocenters. The van der Waals surface area contributed by atoms with Crippen molar-refractivity contribution in [3.05, 3.63) is 38.9 Å². The van der Waals surface area contributed by atoms with E-state index in [4.69, 9.17) is 5.73 Å². The number of aromatic nitrogens is 2. The first kappa shape index (κ1) is 15.3. The summed E-state index contributed by atoms with van der Waals surface area (Å²) in [5.74, 6) is 0.524. The van der Waals surface area contributed by atoms with E-state index in [0.29, 0.717) is 23.1 Å². The smallest absolute Gasteiger partial charge is 0.314 e.